The van der Waals surface area contributed by atoms with Gasteiger partial charge in [0.25, 0.3) is 5.91 Å². The predicted octanol–water partition coefficient (Wildman–Crippen LogP) is 1.41. The Morgan fingerprint density at radius 2 is 1.63 bits per heavy atom. The van der Waals surface area contributed by atoms with Crippen molar-refractivity contribution in [3.8, 4) is 11.5 Å². The molecular weight excluding hydrogens is 396 g/mol. The van der Waals surface area contributed by atoms with Crippen LogP contribution in [-0.4, -0.2) is 78.3 Å². The fraction of sp³-hybridized carbons (Fsp3) is 0.350. The lowest BCUT2D eigenvalue weighted by molar-refractivity contribution is -0.159. The normalized spacial score (nSPS) is 13.7. The maximum absolute atomic E-state index is 12.3. The average molecular weight is 420 g/mol. The molecule has 1 aromatic carbocycles. The van der Waals surface area contributed by atoms with E-state index in [0.717, 1.165) is 36.7 Å². The lowest BCUT2D eigenvalue weighted by Crippen LogP contribution is -2.48. The van der Waals surface area contributed by atoms with E-state index in [4.69, 9.17) is 33.7 Å². The quantitative estimate of drug-likeness (QED) is 0.690. The fourth-order valence-corrected chi connectivity index (χ4v) is 2.98. The summed E-state index contributed by atoms with van der Waals surface area (Å²) >= 11 is 0. The number of nitrogens with zero attached hydrogens (tertiary/aromatic N) is 2. The molecule has 0 radical (unpaired) electrons. The van der Waals surface area contributed by atoms with Crippen molar-refractivity contribution in [1.29, 1.82) is 0 Å². The third-order valence-electron chi connectivity index (χ3n) is 4.45. The largest absolute Gasteiger partial charge is 0.493 e. The Hall–Kier alpha value is -3.53. The predicted molar refractivity (Wildman–Crippen MR) is 105 cm³/mol. The molecule has 1 amide bonds. The van der Waals surface area contributed by atoms with Crippen LogP contribution in [0.25, 0.3) is 0 Å². The first-order valence-corrected chi connectivity index (χ1v) is 9.08. The number of amides is 1. The lowest BCUT2D eigenvalue weighted by atomic mass is 10.1. The second-order valence-corrected chi connectivity index (χ2v) is 6.31. The van der Waals surface area contributed by atoms with Crippen molar-refractivity contribution in [1.82, 2.24) is 9.80 Å². The number of methoxy groups -OCH3 is 2. The van der Waals surface area contributed by atoms with Crippen molar-refractivity contribution in [3.05, 3.63) is 47.9 Å². The van der Waals surface area contributed by atoms with Crippen LogP contribution < -0.4 is 9.47 Å². The van der Waals surface area contributed by atoms with Gasteiger partial charge in [-0.3, -0.25) is 9.69 Å². The van der Waals surface area contributed by atoms with Crippen LogP contribution in [0, 0.1) is 0 Å². The van der Waals surface area contributed by atoms with Gasteiger partial charge < -0.3 is 29.0 Å². The number of rotatable bonds is 5. The van der Waals surface area contributed by atoms with Gasteiger partial charge >= 0.3 is 11.9 Å². The second-order valence-electron chi connectivity index (χ2n) is 6.31. The van der Waals surface area contributed by atoms with Crippen molar-refractivity contribution >= 4 is 17.8 Å². The number of hydrogen-bond donors (Lipinski definition) is 2. The Labute approximate surface area is 173 Å². The molecule has 1 fully saturated rings. The van der Waals surface area contributed by atoms with Gasteiger partial charge in [0, 0.05) is 38.3 Å². The van der Waals surface area contributed by atoms with Gasteiger partial charge in [-0.25, -0.2) is 9.59 Å². The Balaban J connectivity index is 0.000000469. The Morgan fingerprint density at radius 3 is 2.13 bits per heavy atom. The summed E-state index contributed by atoms with van der Waals surface area (Å²) in [6.07, 6.45) is 1.53. The highest BCUT2D eigenvalue weighted by molar-refractivity contribution is 6.27. The molecule has 2 heterocycles. The number of furan rings is 1. The zero-order chi connectivity index (χ0) is 22.1. The van der Waals surface area contributed by atoms with Crippen LogP contribution in [-0.2, 0) is 16.1 Å². The number of benzene rings is 1. The maximum Gasteiger partial charge on any atom is 0.414 e. The molecular formula is C20H24N2O8. The molecule has 1 saturated heterocycles. The van der Waals surface area contributed by atoms with Crippen molar-refractivity contribution in [3.63, 3.8) is 0 Å². The first-order chi connectivity index (χ1) is 14.4. The van der Waals surface area contributed by atoms with Crippen molar-refractivity contribution < 1.29 is 38.5 Å². The Bertz CT molecular complexity index is 846. The molecule has 0 atom stereocenters. The van der Waals surface area contributed by atoms with Gasteiger partial charge in [0.2, 0.25) is 0 Å². The molecule has 0 bridgehead atoms. The van der Waals surface area contributed by atoms with Gasteiger partial charge in [-0.1, -0.05) is 12.1 Å². The van der Waals surface area contributed by atoms with Gasteiger partial charge in [0.1, 0.15) is 0 Å². The first-order valence-electron chi connectivity index (χ1n) is 9.08. The summed E-state index contributed by atoms with van der Waals surface area (Å²) in [6.45, 7) is 3.76. The van der Waals surface area contributed by atoms with Gasteiger partial charge in [0.05, 0.1) is 20.5 Å². The van der Waals surface area contributed by atoms with E-state index in [0.29, 0.717) is 18.8 Å². The molecule has 2 N–H and O–H groups in total. The Kier molecular flexibility index (Phi) is 8.24. The highest BCUT2D eigenvalue weighted by Gasteiger charge is 2.24. The number of ether oxygens (including phenoxy) is 2. The number of para-hydroxylation sites is 1. The zero-order valence-electron chi connectivity index (χ0n) is 16.7. The van der Waals surface area contributed by atoms with Crippen LogP contribution in [0.2, 0.25) is 0 Å². The molecule has 2 aromatic rings. The van der Waals surface area contributed by atoms with Crippen molar-refractivity contribution in [2.24, 2.45) is 0 Å². The number of hydrogen-bond acceptors (Lipinski definition) is 7. The number of carboxylic acids is 2. The van der Waals surface area contributed by atoms with Crippen LogP contribution in [0.4, 0.5) is 0 Å². The third kappa shape index (κ3) is 5.98. The minimum Gasteiger partial charge on any atom is -0.493 e. The lowest BCUT2D eigenvalue weighted by Gasteiger charge is -2.34. The highest BCUT2D eigenvalue weighted by Crippen LogP contribution is 2.31. The summed E-state index contributed by atoms with van der Waals surface area (Å²) in [5.74, 6) is -1.78. The van der Waals surface area contributed by atoms with E-state index in [2.05, 4.69) is 4.90 Å². The van der Waals surface area contributed by atoms with Gasteiger partial charge in [-0.05, 0) is 18.2 Å². The first kappa shape index (κ1) is 22.8. The van der Waals surface area contributed by atoms with E-state index >= 15 is 0 Å². The maximum atomic E-state index is 12.3. The van der Waals surface area contributed by atoms with E-state index in [-0.39, 0.29) is 5.91 Å². The van der Waals surface area contributed by atoms with Gasteiger partial charge in [-0.15, -0.1) is 0 Å². The summed E-state index contributed by atoms with van der Waals surface area (Å²) < 4.78 is 16.0. The molecule has 30 heavy (non-hydrogen) atoms. The second kappa shape index (κ2) is 10.9. The molecule has 0 saturated carbocycles. The molecule has 10 nitrogen and oxygen atoms in total. The molecule has 1 aliphatic heterocycles. The minimum absolute atomic E-state index is 0.0430. The van der Waals surface area contributed by atoms with E-state index in [1.807, 2.05) is 23.1 Å². The minimum atomic E-state index is -1.82. The van der Waals surface area contributed by atoms with Crippen LogP contribution in [0.5, 0.6) is 11.5 Å². The number of carboxylic acid groups (broad SMARTS) is 2. The molecule has 162 valence electrons. The number of carbonyl (C=O) groups excluding carboxylic acids is 1. The van der Waals surface area contributed by atoms with E-state index in [1.54, 1.807) is 26.4 Å². The number of aliphatic carboxylic acids is 2. The van der Waals surface area contributed by atoms with E-state index < -0.39 is 11.9 Å². The van der Waals surface area contributed by atoms with Crippen molar-refractivity contribution in [2.45, 2.75) is 6.54 Å². The van der Waals surface area contributed by atoms with Crippen LogP contribution in [0.15, 0.2) is 41.0 Å². The van der Waals surface area contributed by atoms with Gasteiger partial charge in [-0.2, -0.15) is 0 Å². The third-order valence-corrected chi connectivity index (χ3v) is 4.45. The standard InChI is InChI=1S/C18H22N2O4.C2H2O4/c1-22-15-6-3-5-14(17(15)23-2)13-19-8-10-20(11-9-19)18(21)16-7-4-12-24-16;3-1(4)2(5)6/h3-7,12H,8-11,13H2,1-2H3;(H,3,4)(H,5,6). The number of piperazine rings is 1. The molecule has 10 heteroatoms. The average Bonchev–Trinajstić information content (AvgIpc) is 3.29. The number of carbonyl (C=O) groups is 3. The molecule has 1 aromatic heterocycles. The summed E-state index contributed by atoms with van der Waals surface area (Å²) in [4.78, 5) is 34.6. The Morgan fingerprint density at radius 1 is 0.967 bits per heavy atom. The topological polar surface area (TPSA) is 130 Å². The zero-order valence-corrected chi connectivity index (χ0v) is 16.7. The van der Waals surface area contributed by atoms with Crippen LogP contribution >= 0.6 is 0 Å². The fourth-order valence-electron chi connectivity index (χ4n) is 2.98. The van der Waals surface area contributed by atoms with E-state index in [9.17, 15) is 4.79 Å². The van der Waals surface area contributed by atoms with Crippen molar-refractivity contribution in [2.75, 3.05) is 40.4 Å². The summed E-state index contributed by atoms with van der Waals surface area (Å²) in [5.41, 5.74) is 1.09. The summed E-state index contributed by atoms with van der Waals surface area (Å²) in [5, 5.41) is 14.8. The SMILES string of the molecule is COc1cccc(CN2CCN(C(=O)c3ccco3)CC2)c1OC.O=C(O)C(=O)O. The smallest absolute Gasteiger partial charge is 0.414 e. The molecule has 0 aliphatic carbocycles. The molecule has 0 unspecified atom stereocenters. The van der Waals surface area contributed by atoms with Gasteiger partial charge in [0.15, 0.2) is 17.3 Å². The monoisotopic (exact) mass is 420 g/mol. The van der Waals surface area contributed by atoms with Crippen LogP contribution in [0.3, 0.4) is 0 Å². The summed E-state index contributed by atoms with van der Waals surface area (Å²) in [6, 6.07) is 9.34. The molecule has 1 aliphatic rings. The molecule has 0 spiro atoms. The van der Waals surface area contributed by atoms with Crippen LogP contribution in [0.1, 0.15) is 16.1 Å². The van der Waals surface area contributed by atoms with E-state index in [1.165, 1.54) is 6.26 Å². The summed E-state index contributed by atoms with van der Waals surface area (Å²) in [7, 11) is 3.29. The highest BCUT2D eigenvalue weighted by atomic mass is 16.5. The molecule has 3 rings (SSSR count).